The Hall–Kier alpha value is -1.35. The molecule has 0 saturated carbocycles. The Morgan fingerprint density at radius 1 is 1.38 bits per heavy atom. The van der Waals surface area contributed by atoms with Gasteiger partial charge in [-0.1, -0.05) is 12.1 Å². The first-order valence-electron chi connectivity index (χ1n) is 4.06. The number of aromatic nitrogens is 1. The van der Waals surface area contributed by atoms with Crippen LogP contribution in [0.3, 0.4) is 0 Å². The quantitative estimate of drug-likeness (QED) is 0.738. The molecule has 2 rings (SSSR count). The van der Waals surface area contributed by atoms with Crippen LogP contribution in [0.4, 0.5) is 5.69 Å². The van der Waals surface area contributed by atoms with E-state index in [0.717, 1.165) is 12.1 Å². The number of rotatable bonds is 2. The Labute approximate surface area is 81.1 Å². The SMILES string of the molecule is Nc1cccc(Cc2cncs2)c1. The second-order valence-electron chi connectivity index (χ2n) is 2.89. The molecule has 1 heterocycles. The van der Waals surface area contributed by atoms with E-state index in [-0.39, 0.29) is 0 Å². The highest BCUT2D eigenvalue weighted by atomic mass is 32.1. The van der Waals surface area contributed by atoms with E-state index in [9.17, 15) is 0 Å². The van der Waals surface area contributed by atoms with E-state index < -0.39 is 0 Å². The van der Waals surface area contributed by atoms with Gasteiger partial charge in [-0.3, -0.25) is 4.98 Å². The first-order chi connectivity index (χ1) is 6.34. The molecule has 0 radical (unpaired) electrons. The van der Waals surface area contributed by atoms with Crippen LogP contribution < -0.4 is 5.73 Å². The molecular weight excluding hydrogens is 180 g/mol. The number of nitrogens with zero attached hydrogens (tertiary/aromatic N) is 1. The Bertz CT molecular complexity index is 382. The highest BCUT2D eigenvalue weighted by Crippen LogP contribution is 2.14. The van der Waals surface area contributed by atoms with Gasteiger partial charge in [-0.15, -0.1) is 11.3 Å². The molecule has 0 aliphatic heterocycles. The predicted molar refractivity (Wildman–Crippen MR) is 55.8 cm³/mol. The van der Waals surface area contributed by atoms with Crippen LogP contribution in [0.25, 0.3) is 0 Å². The van der Waals surface area contributed by atoms with Crippen molar-refractivity contribution in [2.24, 2.45) is 0 Å². The molecule has 1 aromatic carbocycles. The van der Waals surface area contributed by atoms with Crippen LogP contribution in [0, 0.1) is 0 Å². The van der Waals surface area contributed by atoms with Gasteiger partial charge in [0.2, 0.25) is 0 Å². The second-order valence-corrected chi connectivity index (χ2v) is 3.86. The van der Waals surface area contributed by atoms with Crippen molar-refractivity contribution in [1.29, 1.82) is 0 Å². The van der Waals surface area contributed by atoms with E-state index in [1.165, 1.54) is 10.4 Å². The summed E-state index contributed by atoms with van der Waals surface area (Å²) in [6.07, 6.45) is 2.82. The molecule has 0 aliphatic carbocycles. The van der Waals surface area contributed by atoms with Crippen LogP contribution in [0.5, 0.6) is 0 Å². The summed E-state index contributed by atoms with van der Waals surface area (Å²) in [5, 5.41) is 0. The monoisotopic (exact) mass is 190 g/mol. The topological polar surface area (TPSA) is 38.9 Å². The van der Waals surface area contributed by atoms with Crippen molar-refractivity contribution in [2.75, 3.05) is 5.73 Å². The van der Waals surface area contributed by atoms with E-state index in [0.29, 0.717) is 0 Å². The molecule has 0 fully saturated rings. The van der Waals surface area contributed by atoms with Gasteiger partial charge in [-0.05, 0) is 17.7 Å². The van der Waals surface area contributed by atoms with E-state index in [2.05, 4.69) is 11.1 Å². The maximum atomic E-state index is 5.68. The normalized spacial score (nSPS) is 10.2. The molecule has 3 heteroatoms. The van der Waals surface area contributed by atoms with Gasteiger partial charge >= 0.3 is 0 Å². The van der Waals surface area contributed by atoms with Gasteiger partial charge in [-0.25, -0.2) is 0 Å². The molecule has 66 valence electrons. The second kappa shape index (κ2) is 3.58. The van der Waals surface area contributed by atoms with E-state index in [4.69, 9.17) is 5.73 Å². The van der Waals surface area contributed by atoms with Crippen LogP contribution in [-0.4, -0.2) is 4.98 Å². The van der Waals surface area contributed by atoms with Crippen molar-refractivity contribution in [3.8, 4) is 0 Å². The smallest absolute Gasteiger partial charge is 0.0794 e. The summed E-state index contributed by atoms with van der Waals surface area (Å²) in [6, 6.07) is 7.96. The van der Waals surface area contributed by atoms with Gasteiger partial charge in [0.05, 0.1) is 5.51 Å². The zero-order valence-electron chi connectivity index (χ0n) is 7.10. The largest absolute Gasteiger partial charge is 0.399 e. The van der Waals surface area contributed by atoms with Crippen LogP contribution >= 0.6 is 11.3 Å². The number of hydrogen-bond acceptors (Lipinski definition) is 3. The van der Waals surface area contributed by atoms with Crippen molar-refractivity contribution in [2.45, 2.75) is 6.42 Å². The third-order valence-electron chi connectivity index (χ3n) is 1.81. The number of hydrogen-bond donors (Lipinski definition) is 1. The van der Waals surface area contributed by atoms with Gasteiger partial charge < -0.3 is 5.73 Å². The Morgan fingerprint density at radius 2 is 2.31 bits per heavy atom. The molecule has 2 N–H and O–H groups in total. The summed E-state index contributed by atoms with van der Waals surface area (Å²) in [5.74, 6) is 0. The van der Waals surface area contributed by atoms with Crippen LogP contribution in [0.2, 0.25) is 0 Å². The van der Waals surface area contributed by atoms with E-state index >= 15 is 0 Å². The molecule has 13 heavy (non-hydrogen) atoms. The number of anilines is 1. The van der Waals surface area contributed by atoms with Crippen LogP contribution in [0.15, 0.2) is 36.0 Å². The lowest BCUT2D eigenvalue weighted by atomic mass is 10.1. The van der Waals surface area contributed by atoms with Gasteiger partial charge in [0, 0.05) is 23.2 Å². The average Bonchev–Trinajstić information content (AvgIpc) is 2.57. The Balaban J connectivity index is 2.19. The fourth-order valence-corrected chi connectivity index (χ4v) is 1.86. The Kier molecular flexibility index (Phi) is 2.27. The summed E-state index contributed by atoms with van der Waals surface area (Å²) < 4.78 is 0. The summed E-state index contributed by atoms with van der Waals surface area (Å²) in [5.41, 5.74) is 9.59. The van der Waals surface area contributed by atoms with Crippen molar-refractivity contribution >= 4 is 17.0 Å². The summed E-state index contributed by atoms with van der Waals surface area (Å²) in [4.78, 5) is 5.30. The average molecular weight is 190 g/mol. The molecule has 2 nitrogen and oxygen atoms in total. The number of thiazole rings is 1. The van der Waals surface area contributed by atoms with Crippen LogP contribution in [0.1, 0.15) is 10.4 Å². The molecule has 0 atom stereocenters. The molecule has 0 unspecified atom stereocenters. The molecule has 0 saturated heterocycles. The minimum atomic E-state index is 0.821. The highest BCUT2D eigenvalue weighted by Gasteiger charge is 1.97. The molecule has 0 bridgehead atoms. The fraction of sp³-hybridized carbons (Fsp3) is 0.100. The summed E-state index contributed by atoms with van der Waals surface area (Å²) in [7, 11) is 0. The summed E-state index contributed by atoms with van der Waals surface area (Å²) >= 11 is 1.67. The van der Waals surface area contributed by atoms with Gasteiger partial charge in [0.15, 0.2) is 0 Å². The lowest BCUT2D eigenvalue weighted by Crippen LogP contribution is -1.88. The third-order valence-corrected chi connectivity index (χ3v) is 2.59. The standard InChI is InChI=1S/C10H10N2S/c11-9-3-1-2-8(4-9)5-10-6-12-7-13-10/h1-4,6-7H,5,11H2. The maximum Gasteiger partial charge on any atom is 0.0794 e. The first-order valence-corrected chi connectivity index (χ1v) is 4.94. The molecular formula is C10H10N2S. The number of nitrogens with two attached hydrogens (primary N) is 1. The third kappa shape index (κ3) is 2.06. The lowest BCUT2D eigenvalue weighted by molar-refractivity contribution is 1.22. The van der Waals surface area contributed by atoms with Crippen molar-refractivity contribution < 1.29 is 0 Å². The molecule has 2 aromatic rings. The van der Waals surface area contributed by atoms with Gasteiger partial charge in [0.1, 0.15) is 0 Å². The number of nitrogen functional groups attached to an aromatic ring is 1. The van der Waals surface area contributed by atoms with Crippen LogP contribution in [-0.2, 0) is 6.42 Å². The minimum absolute atomic E-state index is 0.821. The van der Waals surface area contributed by atoms with Crippen molar-refractivity contribution in [3.05, 3.63) is 46.4 Å². The lowest BCUT2D eigenvalue weighted by Gasteiger charge is -1.98. The van der Waals surface area contributed by atoms with E-state index in [1.54, 1.807) is 11.3 Å². The Morgan fingerprint density at radius 3 is 3.00 bits per heavy atom. The van der Waals surface area contributed by atoms with Crippen molar-refractivity contribution in [3.63, 3.8) is 0 Å². The van der Waals surface area contributed by atoms with Crippen molar-refractivity contribution in [1.82, 2.24) is 4.98 Å². The maximum absolute atomic E-state index is 5.68. The predicted octanol–water partition coefficient (Wildman–Crippen LogP) is 2.32. The van der Waals surface area contributed by atoms with Gasteiger partial charge in [-0.2, -0.15) is 0 Å². The minimum Gasteiger partial charge on any atom is -0.399 e. The zero-order valence-corrected chi connectivity index (χ0v) is 7.92. The zero-order chi connectivity index (χ0) is 9.10. The highest BCUT2D eigenvalue weighted by molar-refractivity contribution is 7.09. The summed E-state index contributed by atoms with van der Waals surface area (Å²) in [6.45, 7) is 0. The van der Waals surface area contributed by atoms with Gasteiger partial charge in [0.25, 0.3) is 0 Å². The molecule has 0 spiro atoms. The fourth-order valence-electron chi connectivity index (χ4n) is 1.23. The molecule has 0 aliphatic rings. The first kappa shape index (κ1) is 8.26. The van der Waals surface area contributed by atoms with E-state index in [1.807, 2.05) is 29.9 Å². The number of benzene rings is 1. The molecule has 1 aromatic heterocycles. The molecule has 0 amide bonds.